The Morgan fingerprint density at radius 2 is 2.50 bits per heavy atom. The highest BCUT2D eigenvalue weighted by atomic mass is 16.2. The van der Waals surface area contributed by atoms with Gasteiger partial charge in [0, 0.05) is 25.1 Å². The third kappa shape index (κ3) is 1.92. The standard InChI is InChI=1S/C13H14N2O/c1-3-10-5-6-14-12(7-10)15-9-11(4-2)8-13(15)16/h2,5-7,11H,3,8-9H2,1H3. The molecule has 2 heterocycles. The molecule has 1 aromatic heterocycles. The monoisotopic (exact) mass is 214 g/mol. The van der Waals surface area contributed by atoms with E-state index >= 15 is 0 Å². The van der Waals surface area contributed by atoms with E-state index in [1.807, 2.05) is 12.1 Å². The Kier molecular flexibility index (Phi) is 2.91. The lowest BCUT2D eigenvalue weighted by Crippen LogP contribution is -2.25. The van der Waals surface area contributed by atoms with Crippen LogP contribution in [0, 0.1) is 18.3 Å². The summed E-state index contributed by atoms with van der Waals surface area (Å²) in [5.74, 6) is 3.46. The zero-order valence-corrected chi connectivity index (χ0v) is 9.31. The summed E-state index contributed by atoms with van der Waals surface area (Å²) in [7, 11) is 0. The molecule has 0 spiro atoms. The Hall–Kier alpha value is -1.82. The number of hydrogen-bond donors (Lipinski definition) is 0. The van der Waals surface area contributed by atoms with Gasteiger partial charge in [-0.15, -0.1) is 12.3 Å². The number of nitrogens with zero attached hydrogens (tertiary/aromatic N) is 2. The van der Waals surface area contributed by atoms with Crippen molar-refractivity contribution in [1.29, 1.82) is 0 Å². The van der Waals surface area contributed by atoms with Gasteiger partial charge in [0.25, 0.3) is 0 Å². The minimum atomic E-state index is 0.0274. The molecule has 82 valence electrons. The highest BCUT2D eigenvalue weighted by Crippen LogP contribution is 2.23. The molecule has 2 rings (SSSR count). The van der Waals surface area contributed by atoms with E-state index in [4.69, 9.17) is 6.42 Å². The summed E-state index contributed by atoms with van der Waals surface area (Å²) in [6.07, 6.45) is 8.46. The molecule has 0 radical (unpaired) electrons. The lowest BCUT2D eigenvalue weighted by Gasteiger charge is -2.15. The first kappa shape index (κ1) is 10.7. The molecule has 1 aromatic rings. The number of carbonyl (C=O) groups is 1. The molecule has 16 heavy (non-hydrogen) atoms. The van der Waals surface area contributed by atoms with Crippen LogP contribution in [0.3, 0.4) is 0 Å². The van der Waals surface area contributed by atoms with Crippen LogP contribution < -0.4 is 4.90 Å². The first-order chi connectivity index (χ1) is 7.74. The lowest BCUT2D eigenvalue weighted by molar-refractivity contribution is -0.117. The maximum absolute atomic E-state index is 11.7. The van der Waals surface area contributed by atoms with Gasteiger partial charge in [0.2, 0.25) is 5.91 Å². The lowest BCUT2D eigenvalue weighted by atomic mass is 10.1. The molecule has 1 unspecified atom stereocenters. The van der Waals surface area contributed by atoms with Gasteiger partial charge < -0.3 is 0 Å². The SMILES string of the molecule is C#CC1CC(=O)N(c2cc(CC)ccn2)C1. The number of terminal acetylenes is 1. The second-order valence-corrected chi connectivity index (χ2v) is 3.95. The first-order valence-corrected chi connectivity index (χ1v) is 5.46. The van der Waals surface area contributed by atoms with Crippen LogP contribution in [0.1, 0.15) is 18.9 Å². The molecule has 3 nitrogen and oxygen atoms in total. The van der Waals surface area contributed by atoms with Crippen LogP contribution in [0.2, 0.25) is 0 Å². The summed E-state index contributed by atoms with van der Waals surface area (Å²) >= 11 is 0. The van der Waals surface area contributed by atoms with E-state index in [2.05, 4.69) is 17.8 Å². The Morgan fingerprint density at radius 1 is 1.69 bits per heavy atom. The number of hydrogen-bond acceptors (Lipinski definition) is 2. The minimum Gasteiger partial charge on any atom is -0.296 e. The number of pyridine rings is 1. The zero-order valence-electron chi connectivity index (χ0n) is 9.31. The van der Waals surface area contributed by atoms with Crippen molar-refractivity contribution in [2.45, 2.75) is 19.8 Å². The number of aromatic nitrogens is 1. The number of anilines is 1. The normalized spacial score (nSPS) is 19.9. The van der Waals surface area contributed by atoms with Gasteiger partial charge in [-0.1, -0.05) is 6.92 Å². The number of aryl methyl sites for hydroxylation is 1. The topological polar surface area (TPSA) is 33.2 Å². The van der Waals surface area contributed by atoms with Crippen molar-refractivity contribution in [3.05, 3.63) is 23.9 Å². The second-order valence-electron chi connectivity index (χ2n) is 3.95. The molecular weight excluding hydrogens is 200 g/mol. The summed E-state index contributed by atoms with van der Waals surface area (Å²) in [5, 5.41) is 0. The van der Waals surface area contributed by atoms with Gasteiger partial charge in [-0.3, -0.25) is 9.69 Å². The van der Waals surface area contributed by atoms with Crippen molar-refractivity contribution in [3.63, 3.8) is 0 Å². The predicted molar refractivity (Wildman–Crippen MR) is 62.9 cm³/mol. The van der Waals surface area contributed by atoms with E-state index in [-0.39, 0.29) is 11.8 Å². The molecule has 0 N–H and O–H groups in total. The van der Waals surface area contributed by atoms with E-state index in [0.717, 1.165) is 12.2 Å². The highest BCUT2D eigenvalue weighted by molar-refractivity contribution is 5.95. The van der Waals surface area contributed by atoms with Crippen molar-refractivity contribution in [2.75, 3.05) is 11.4 Å². The number of amides is 1. The van der Waals surface area contributed by atoms with E-state index in [1.54, 1.807) is 11.1 Å². The Balaban J connectivity index is 2.24. The number of carbonyl (C=O) groups excluding carboxylic acids is 1. The molecule has 1 atom stereocenters. The summed E-state index contributed by atoms with van der Waals surface area (Å²) < 4.78 is 0. The van der Waals surface area contributed by atoms with Gasteiger partial charge in [-0.05, 0) is 24.1 Å². The third-order valence-electron chi connectivity index (χ3n) is 2.86. The number of rotatable bonds is 2. The maximum atomic E-state index is 11.7. The molecule has 1 aliphatic heterocycles. The predicted octanol–water partition coefficient (Wildman–Crippen LogP) is 1.63. The Bertz CT molecular complexity index is 447. The molecule has 0 aliphatic carbocycles. The van der Waals surface area contributed by atoms with Gasteiger partial charge in [0.05, 0.1) is 0 Å². The van der Waals surface area contributed by atoms with E-state index in [0.29, 0.717) is 13.0 Å². The Morgan fingerprint density at radius 3 is 3.12 bits per heavy atom. The third-order valence-corrected chi connectivity index (χ3v) is 2.86. The smallest absolute Gasteiger partial charge is 0.229 e. The summed E-state index contributed by atoms with van der Waals surface area (Å²) in [6.45, 7) is 2.67. The summed E-state index contributed by atoms with van der Waals surface area (Å²) in [5.41, 5.74) is 1.18. The van der Waals surface area contributed by atoms with Crippen molar-refractivity contribution < 1.29 is 4.79 Å². The maximum Gasteiger partial charge on any atom is 0.229 e. The van der Waals surface area contributed by atoms with Gasteiger partial charge >= 0.3 is 0 Å². The second kappa shape index (κ2) is 4.36. The van der Waals surface area contributed by atoms with Crippen LogP contribution in [0.5, 0.6) is 0 Å². The van der Waals surface area contributed by atoms with Gasteiger partial charge in [-0.2, -0.15) is 0 Å². The van der Waals surface area contributed by atoms with Gasteiger partial charge in [-0.25, -0.2) is 4.98 Å². The zero-order chi connectivity index (χ0) is 11.5. The van der Waals surface area contributed by atoms with Crippen molar-refractivity contribution in [3.8, 4) is 12.3 Å². The highest BCUT2D eigenvalue weighted by Gasteiger charge is 2.29. The van der Waals surface area contributed by atoms with E-state index < -0.39 is 0 Å². The summed E-state index contributed by atoms with van der Waals surface area (Å²) in [6, 6.07) is 3.92. The molecular formula is C13H14N2O. The van der Waals surface area contributed by atoms with Crippen LogP contribution in [-0.4, -0.2) is 17.4 Å². The molecule has 1 aliphatic rings. The van der Waals surface area contributed by atoms with Crippen LogP contribution in [-0.2, 0) is 11.2 Å². The molecule has 1 saturated heterocycles. The average Bonchev–Trinajstić information content (AvgIpc) is 2.71. The fourth-order valence-electron chi connectivity index (χ4n) is 1.87. The van der Waals surface area contributed by atoms with Crippen LogP contribution in [0.15, 0.2) is 18.3 Å². The Labute approximate surface area is 95.5 Å². The fraction of sp³-hybridized carbons (Fsp3) is 0.385. The molecule has 1 fully saturated rings. The molecule has 0 aromatic carbocycles. The minimum absolute atomic E-state index is 0.0274. The first-order valence-electron chi connectivity index (χ1n) is 5.46. The van der Waals surface area contributed by atoms with E-state index in [1.165, 1.54) is 5.56 Å². The molecule has 1 amide bonds. The molecule has 0 bridgehead atoms. The van der Waals surface area contributed by atoms with Crippen LogP contribution in [0.4, 0.5) is 5.82 Å². The largest absolute Gasteiger partial charge is 0.296 e. The van der Waals surface area contributed by atoms with E-state index in [9.17, 15) is 4.79 Å². The van der Waals surface area contributed by atoms with Gasteiger partial charge in [0.1, 0.15) is 5.82 Å². The van der Waals surface area contributed by atoms with Crippen molar-refractivity contribution in [2.24, 2.45) is 5.92 Å². The quantitative estimate of drug-likeness (QED) is 0.701. The van der Waals surface area contributed by atoms with Gasteiger partial charge in [0.15, 0.2) is 0 Å². The fourth-order valence-corrected chi connectivity index (χ4v) is 1.87. The summed E-state index contributed by atoms with van der Waals surface area (Å²) in [4.78, 5) is 17.6. The average molecular weight is 214 g/mol. The van der Waals surface area contributed by atoms with Crippen molar-refractivity contribution in [1.82, 2.24) is 4.98 Å². The molecule has 3 heteroatoms. The van der Waals surface area contributed by atoms with Crippen molar-refractivity contribution >= 4 is 11.7 Å². The molecule has 0 saturated carbocycles. The van der Waals surface area contributed by atoms with Crippen LogP contribution >= 0.6 is 0 Å². The van der Waals surface area contributed by atoms with Crippen LogP contribution in [0.25, 0.3) is 0 Å².